The Hall–Kier alpha value is -2.56. The number of nitro benzene ring substituents is 1. The minimum absolute atomic E-state index is 0.0111. The summed E-state index contributed by atoms with van der Waals surface area (Å²) in [6, 6.07) is 10.7. The van der Waals surface area contributed by atoms with Crippen molar-refractivity contribution in [3.8, 4) is 0 Å². The standard InChI is InChI=1S/C14H10FNO3/c1-9-11(7-8-12(13(9)15)16(18)19)14(17)10-5-3-2-4-6-10/h2-8H,1H3. The predicted octanol–water partition coefficient (Wildman–Crippen LogP) is 3.27. The first-order valence-corrected chi connectivity index (χ1v) is 5.55. The van der Waals surface area contributed by atoms with Crippen LogP contribution in [0.15, 0.2) is 42.5 Å². The Morgan fingerprint density at radius 2 is 1.79 bits per heavy atom. The van der Waals surface area contributed by atoms with E-state index in [-0.39, 0.29) is 16.9 Å². The summed E-state index contributed by atoms with van der Waals surface area (Å²) in [5, 5.41) is 10.6. The maximum atomic E-state index is 13.8. The van der Waals surface area contributed by atoms with E-state index in [9.17, 15) is 19.3 Å². The number of rotatable bonds is 3. The second kappa shape index (κ2) is 4.97. The molecule has 0 radical (unpaired) electrons. The zero-order chi connectivity index (χ0) is 14.0. The molecule has 0 bridgehead atoms. The molecule has 2 rings (SSSR count). The Morgan fingerprint density at radius 1 is 1.16 bits per heavy atom. The first-order valence-electron chi connectivity index (χ1n) is 5.55. The Labute approximate surface area is 108 Å². The van der Waals surface area contributed by atoms with E-state index >= 15 is 0 Å². The van der Waals surface area contributed by atoms with E-state index in [4.69, 9.17) is 0 Å². The zero-order valence-corrected chi connectivity index (χ0v) is 10.1. The molecule has 0 saturated carbocycles. The molecule has 0 amide bonds. The van der Waals surface area contributed by atoms with Crippen LogP contribution in [0.1, 0.15) is 21.5 Å². The Balaban J connectivity index is 2.51. The Bertz CT molecular complexity index is 653. The number of ketones is 1. The van der Waals surface area contributed by atoms with Crippen LogP contribution in [0.5, 0.6) is 0 Å². The second-order valence-electron chi connectivity index (χ2n) is 4.02. The van der Waals surface area contributed by atoms with Crippen LogP contribution in [0, 0.1) is 22.9 Å². The summed E-state index contributed by atoms with van der Waals surface area (Å²) in [6.07, 6.45) is 0. The molecule has 0 aliphatic rings. The predicted molar refractivity (Wildman–Crippen MR) is 67.7 cm³/mol. The van der Waals surface area contributed by atoms with Crippen LogP contribution in [0.4, 0.5) is 10.1 Å². The van der Waals surface area contributed by atoms with Gasteiger partial charge in [-0.05, 0) is 13.0 Å². The van der Waals surface area contributed by atoms with Gasteiger partial charge in [-0.15, -0.1) is 0 Å². The van der Waals surface area contributed by atoms with Gasteiger partial charge in [0.15, 0.2) is 5.78 Å². The quantitative estimate of drug-likeness (QED) is 0.483. The first-order chi connectivity index (χ1) is 9.02. The molecule has 96 valence electrons. The van der Waals surface area contributed by atoms with Crippen molar-refractivity contribution >= 4 is 11.5 Å². The number of nitro groups is 1. The largest absolute Gasteiger partial charge is 0.305 e. The number of hydrogen-bond donors (Lipinski definition) is 0. The van der Waals surface area contributed by atoms with E-state index in [1.807, 2.05) is 0 Å². The van der Waals surface area contributed by atoms with Crippen LogP contribution in [0.25, 0.3) is 0 Å². The number of hydrogen-bond acceptors (Lipinski definition) is 3. The lowest BCUT2D eigenvalue weighted by atomic mass is 9.98. The molecule has 0 atom stereocenters. The molecule has 0 aromatic heterocycles. The number of benzene rings is 2. The van der Waals surface area contributed by atoms with Crippen LogP contribution in [0.3, 0.4) is 0 Å². The minimum Gasteiger partial charge on any atom is -0.289 e. The average Bonchev–Trinajstić information content (AvgIpc) is 2.41. The van der Waals surface area contributed by atoms with Crippen molar-refractivity contribution in [1.82, 2.24) is 0 Å². The summed E-state index contributed by atoms with van der Waals surface area (Å²) < 4.78 is 13.8. The number of nitrogens with zero attached hydrogens (tertiary/aromatic N) is 1. The summed E-state index contributed by atoms with van der Waals surface area (Å²) in [4.78, 5) is 22.0. The smallest absolute Gasteiger partial charge is 0.289 e. The van der Waals surface area contributed by atoms with Crippen molar-refractivity contribution in [1.29, 1.82) is 0 Å². The van der Waals surface area contributed by atoms with Gasteiger partial charge < -0.3 is 0 Å². The number of carbonyl (C=O) groups is 1. The van der Waals surface area contributed by atoms with Crippen LogP contribution in [0.2, 0.25) is 0 Å². The fraction of sp³-hybridized carbons (Fsp3) is 0.0714. The summed E-state index contributed by atoms with van der Waals surface area (Å²) in [5.74, 6) is -1.32. The molecule has 5 heteroatoms. The van der Waals surface area contributed by atoms with E-state index in [1.165, 1.54) is 13.0 Å². The summed E-state index contributed by atoms with van der Waals surface area (Å²) in [6.45, 7) is 1.36. The third-order valence-electron chi connectivity index (χ3n) is 2.84. The molecule has 0 fully saturated rings. The second-order valence-corrected chi connectivity index (χ2v) is 4.02. The van der Waals surface area contributed by atoms with Crippen molar-refractivity contribution in [2.24, 2.45) is 0 Å². The topological polar surface area (TPSA) is 60.2 Å². The maximum absolute atomic E-state index is 13.8. The van der Waals surface area contributed by atoms with Gasteiger partial charge in [0.2, 0.25) is 5.82 Å². The number of halogens is 1. The highest BCUT2D eigenvalue weighted by Crippen LogP contribution is 2.24. The van der Waals surface area contributed by atoms with Crippen LogP contribution in [-0.2, 0) is 0 Å². The van der Waals surface area contributed by atoms with Crippen LogP contribution < -0.4 is 0 Å². The molecule has 2 aromatic rings. The molecule has 0 spiro atoms. The lowest BCUT2D eigenvalue weighted by Gasteiger charge is -2.06. The normalized spacial score (nSPS) is 10.2. The van der Waals surface area contributed by atoms with Gasteiger partial charge in [-0.1, -0.05) is 30.3 Å². The molecule has 4 nitrogen and oxygen atoms in total. The lowest BCUT2D eigenvalue weighted by molar-refractivity contribution is -0.387. The van der Waals surface area contributed by atoms with Crippen LogP contribution in [-0.4, -0.2) is 10.7 Å². The van der Waals surface area contributed by atoms with Crippen molar-refractivity contribution < 1.29 is 14.1 Å². The molecular weight excluding hydrogens is 249 g/mol. The van der Waals surface area contributed by atoms with Gasteiger partial charge in [0.25, 0.3) is 0 Å². The van der Waals surface area contributed by atoms with Gasteiger partial charge in [0, 0.05) is 22.8 Å². The summed E-state index contributed by atoms with van der Waals surface area (Å²) in [5.41, 5.74) is -0.0849. The Morgan fingerprint density at radius 3 is 2.37 bits per heavy atom. The van der Waals surface area contributed by atoms with E-state index in [0.717, 1.165) is 6.07 Å². The number of carbonyl (C=O) groups excluding carboxylic acids is 1. The van der Waals surface area contributed by atoms with Crippen LogP contribution >= 0.6 is 0 Å². The SMILES string of the molecule is Cc1c(C(=O)c2ccccc2)ccc([N+](=O)[O-])c1F. The first kappa shape index (κ1) is 12.9. The third-order valence-corrected chi connectivity index (χ3v) is 2.84. The van der Waals surface area contributed by atoms with Gasteiger partial charge >= 0.3 is 5.69 Å². The molecular formula is C14H10FNO3. The molecule has 0 heterocycles. The third kappa shape index (κ3) is 2.35. The van der Waals surface area contributed by atoms with Crippen molar-refractivity contribution in [3.05, 3.63) is 75.1 Å². The molecule has 2 aromatic carbocycles. The van der Waals surface area contributed by atoms with Gasteiger partial charge in [0.1, 0.15) is 0 Å². The van der Waals surface area contributed by atoms with Gasteiger partial charge in [-0.3, -0.25) is 14.9 Å². The minimum atomic E-state index is -0.966. The molecule has 0 N–H and O–H groups in total. The maximum Gasteiger partial charge on any atom is 0.305 e. The Kier molecular flexibility index (Phi) is 3.37. The van der Waals surface area contributed by atoms with Crippen molar-refractivity contribution in [2.75, 3.05) is 0 Å². The van der Waals surface area contributed by atoms with E-state index < -0.39 is 16.4 Å². The van der Waals surface area contributed by atoms with E-state index in [1.54, 1.807) is 30.3 Å². The lowest BCUT2D eigenvalue weighted by Crippen LogP contribution is -2.06. The zero-order valence-electron chi connectivity index (χ0n) is 10.1. The van der Waals surface area contributed by atoms with Crippen molar-refractivity contribution in [2.45, 2.75) is 6.92 Å². The fourth-order valence-electron chi connectivity index (χ4n) is 1.80. The summed E-state index contributed by atoms with van der Waals surface area (Å²) in [7, 11) is 0. The highest BCUT2D eigenvalue weighted by atomic mass is 19.1. The fourth-order valence-corrected chi connectivity index (χ4v) is 1.80. The molecule has 0 saturated heterocycles. The molecule has 19 heavy (non-hydrogen) atoms. The highest BCUT2D eigenvalue weighted by Gasteiger charge is 2.21. The molecule has 0 aliphatic heterocycles. The summed E-state index contributed by atoms with van der Waals surface area (Å²) >= 11 is 0. The van der Waals surface area contributed by atoms with Crippen molar-refractivity contribution in [3.63, 3.8) is 0 Å². The van der Waals surface area contributed by atoms with Gasteiger partial charge in [-0.25, -0.2) is 0 Å². The average molecular weight is 259 g/mol. The van der Waals surface area contributed by atoms with E-state index in [2.05, 4.69) is 0 Å². The highest BCUT2D eigenvalue weighted by molar-refractivity contribution is 6.10. The van der Waals surface area contributed by atoms with Gasteiger partial charge in [0.05, 0.1) is 4.92 Å². The molecule has 0 unspecified atom stereocenters. The molecule has 0 aliphatic carbocycles. The monoisotopic (exact) mass is 259 g/mol. The van der Waals surface area contributed by atoms with E-state index in [0.29, 0.717) is 5.56 Å². The van der Waals surface area contributed by atoms with Gasteiger partial charge in [-0.2, -0.15) is 4.39 Å².